The molecule has 0 N–H and O–H groups in total. The molecule has 5 heteroatoms. The predicted molar refractivity (Wildman–Crippen MR) is 305 cm³/mol. The highest BCUT2D eigenvalue weighted by Crippen LogP contribution is 2.42. The lowest BCUT2D eigenvalue weighted by Crippen LogP contribution is -2.01. The van der Waals surface area contributed by atoms with Gasteiger partial charge in [0.1, 0.15) is 11.2 Å². The zero-order chi connectivity index (χ0) is 49.0. The van der Waals surface area contributed by atoms with E-state index in [9.17, 15) is 0 Å². The fraction of sp³-hybridized carbons (Fsp3) is 0. The summed E-state index contributed by atoms with van der Waals surface area (Å²) in [5.41, 5.74) is 18.7. The molecular formula is C69H44N4O. The Morgan fingerprint density at radius 1 is 0.270 bits per heavy atom. The summed E-state index contributed by atoms with van der Waals surface area (Å²) in [5.74, 6) is 1.73. The molecule has 74 heavy (non-hydrogen) atoms. The van der Waals surface area contributed by atoms with Gasteiger partial charge in [0.2, 0.25) is 0 Å². The molecule has 3 aromatic heterocycles. The van der Waals surface area contributed by atoms with Crippen molar-refractivity contribution in [3.05, 3.63) is 267 Å². The van der Waals surface area contributed by atoms with Crippen molar-refractivity contribution in [2.45, 2.75) is 0 Å². The van der Waals surface area contributed by atoms with Gasteiger partial charge in [0.15, 0.2) is 17.5 Å². The van der Waals surface area contributed by atoms with Gasteiger partial charge in [-0.1, -0.05) is 200 Å². The minimum Gasteiger partial charge on any atom is -0.455 e. The first-order valence-electron chi connectivity index (χ1n) is 25.0. The maximum absolute atomic E-state index is 6.54. The monoisotopic (exact) mass is 944 g/mol. The Bertz CT molecular complexity index is 4350. The lowest BCUT2D eigenvalue weighted by Gasteiger charge is -2.13. The van der Waals surface area contributed by atoms with Gasteiger partial charge in [-0.05, 0) is 117 Å². The summed E-state index contributed by atoms with van der Waals surface area (Å²) in [5, 5.41) is 4.54. The molecule has 0 fully saturated rings. The van der Waals surface area contributed by atoms with Crippen LogP contribution in [0.5, 0.6) is 0 Å². The van der Waals surface area contributed by atoms with E-state index in [1.807, 2.05) is 12.1 Å². The second kappa shape index (κ2) is 18.0. The van der Waals surface area contributed by atoms with E-state index < -0.39 is 0 Å². The average Bonchev–Trinajstić information content (AvgIpc) is 4.06. The van der Waals surface area contributed by atoms with E-state index in [0.29, 0.717) is 17.5 Å². The number of furan rings is 1. The molecule has 5 nitrogen and oxygen atoms in total. The van der Waals surface area contributed by atoms with Gasteiger partial charge in [-0.25, -0.2) is 15.0 Å². The fourth-order valence-corrected chi connectivity index (χ4v) is 10.7. The molecule has 3 heterocycles. The normalized spacial score (nSPS) is 11.5. The van der Waals surface area contributed by atoms with Crippen LogP contribution in [-0.4, -0.2) is 19.5 Å². The van der Waals surface area contributed by atoms with Crippen LogP contribution in [0.15, 0.2) is 271 Å². The minimum absolute atomic E-state index is 0.571. The third kappa shape index (κ3) is 7.63. The predicted octanol–water partition coefficient (Wildman–Crippen LogP) is 18.2. The minimum atomic E-state index is 0.571. The van der Waals surface area contributed by atoms with E-state index in [1.165, 1.54) is 21.9 Å². The Labute approximate surface area is 428 Å². The number of hydrogen-bond donors (Lipinski definition) is 0. The zero-order valence-electron chi connectivity index (χ0n) is 40.1. The SMILES string of the molecule is c1ccc(-c2cc(-c3ccccc3)cc(-c3nc(-c4cccc(-c5cccc6c5oc5ccccc56)c4)nc(-c4cccc(-c5cccc6c5c5cc(-c7ccccc7)ccc5n6-c5ccccc5)c4)n3)c2)cc1. The molecule has 14 aromatic rings. The van der Waals surface area contributed by atoms with Crippen LogP contribution in [0.3, 0.4) is 0 Å². The third-order valence-corrected chi connectivity index (χ3v) is 14.2. The second-order valence-electron chi connectivity index (χ2n) is 18.7. The van der Waals surface area contributed by atoms with Gasteiger partial charge in [-0.2, -0.15) is 0 Å². The first kappa shape index (κ1) is 42.9. The Morgan fingerprint density at radius 2 is 0.730 bits per heavy atom. The van der Waals surface area contributed by atoms with Crippen LogP contribution in [0.25, 0.3) is 139 Å². The van der Waals surface area contributed by atoms with Crippen LogP contribution in [0, 0.1) is 0 Å². The number of aromatic nitrogens is 4. The largest absolute Gasteiger partial charge is 0.455 e. The van der Waals surface area contributed by atoms with Crippen molar-refractivity contribution in [1.82, 2.24) is 19.5 Å². The van der Waals surface area contributed by atoms with E-state index in [4.69, 9.17) is 19.4 Å². The topological polar surface area (TPSA) is 56.7 Å². The standard InChI is InChI=1S/C69H44N4O/c1-5-19-45(20-6-1)48-37-38-62-61(44-48)65-57(32-18-35-63(65)73(62)56-29-11-4-12-30-56)49-25-15-27-51(39-49)67-70-68(52-28-16-26-50(40-52)58-33-17-34-60-59-31-13-14-36-64(59)74-66(58)60)72-69(71-67)55-42-53(46-21-7-2-8-22-46)41-54(43-55)47-23-9-3-10-24-47/h1-44H. The van der Waals surface area contributed by atoms with Gasteiger partial charge in [0.25, 0.3) is 0 Å². The van der Waals surface area contributed by atoms with Gasteiger partial charge >= 0.3 is 0 Å². The average molecular weight is 945 g/mol. The van der Waals surface area contributed by atoms with Crippen LogP contribution < -0.4 is 0 Å². The molecule has 0 aliphatic carbocycles. The molecule has 0 aliphatic rings. The highest BCUT2D eigenvalue weighted by molar-refractivity contribution is 6.17. The summed E-state index contributed by atoms with van der Waals surface area (Å²) in [6.07, 6.45) is 0. The molecule has 0 amide bonds. The van der Waals surface area contributed by atoms with Crippen LogP contribution >= 0.6 is 0 Å². The number of rotatable bonds is 9. The number of para-hydroxylation sites is 3. The van der Waals surface area contributed by atoms with E-state index in [0.717, 1.165) is 99.9 Å². The molecule has 11 aromatic carbocycles. The number of fused-ring (bicyclic) bond motifs is 6. The molecule has 0 atom stereocenters. The van der Waals surface area contributed by atoms with E-state index in [-0.39, 0.29) is 0 Å². The molecule has 0 unspecified atom stereocenters. The molecule has 0 saturated heterocycles. The van der Waals surface area contributed by atoms with Crippen molar-refractivity contribution in [2.75, 3.05) is 0 Å². The Hall–Kier alpha value is -9.97. The summed E-state index contributed by atoms with van der Waals surface area (Å²) < 4.78 is 8.92. The van der Waals surface area contributed by atoms with Crippen molar-refractivity contribution in [3.8, 4) is 95.5 Å². The Kier molecular flexibility index (Phi) is 10.4. The number of benzene rings is 11. The smallest absolute Gasteiger partial charge is 0.164 e. The van der Waals surface area contributed by atoms with E-state index in [1.54, 1.807) is 0 Å². The fourth-order valence-electron chi connectivity index (χ4n) is 10.7. The summed E-state index contributed by atoms with van der Waals surface area (Å²) in [7, 11) is 0. The van der Waals surface area contributed by atoms with Crippen molar-refractivity contribution in [3.63, 3.8) is 0 Å². The highest BCUT2D eigenvalue weighted by atomic mass is 16.3. The Balaban J connectivity index is 0.968. The van der Waals surface area contributed by atoms with Gasteiger partial charge in [0, 0.05) is 49.5 Å². The van der Waals surface area contributed by atoms with Crippen LogP contribution in [0.1, 0.15) is 0 Å². The zero-order valence-corrected chi connectivity index (χ0v) is 40.1. The maximum atomic E-state index is 6.54. The van der Waals surface area contributed by atoms with Gasteiger partial charge in [-0.15, -0.1) is 0 Å². The lowest BCUT2D eigenvalue weighted by molar-refractivity contribution is 0.670. The van der Waals surface area contributed by atoms with Crippen molar-refractivity contribution < 1.29 is 4.42 Å². The van der Waals surface area contributed by atoms with Gasteiger partial charge < -0.3 is 8.98 Å². The van der Waals surface area contributed by atoms with Crippen molar-refractivity contribution in [2.24, 2.45) is 0 Å². The van der Waals surface area contributed by atoms with Crippen molar-refractivity contribution >= 4 is 43.7 Å². The molecule has 0 aliphatic heterocycles. The summed E-state index contributed by atoms with van der Waals surface area (Å²) in [4.78, 5) is 16.2. The van der Waals surface area contributed by atoms with Crippen molar-refractivity contribution in [1.29, 1.82) is 0 Å². The highest BCUT2D eigenvalue weighted by Gasteiger charge is 2.20. The summed E-state index contributed by atoms with van der Waals surface area (Å²) >= 11 is 0. The molecule has 0 radical (unpaired) electrons. The van der Waals surface area contributed by atoms with Gasteiger partial charge in [-0.3, -0.25) is 0 Å². The summed E-state index contributed by atoms with van der Waals surface area (Å²) in [6.45, 7) is 0. The quantitative estimate of drug-likeness (QED) is 0.145. The molecular weight excluding hydrogens is 901 g/mol. The van der Waals surface area contributed by atoms with Crippen LogP contribution in [-0.2, 0) is 0 Å². The third-order valence-electron chi connectivity index (χ3n) is 14.2. The second-order valence-corrected chi connectivity index (χ2v) is 18.7. The molecule has 0 spiro atoms. The van der Waals surface area contributed by atoms with Crippen LogP contribution in [0.2, 0.25) is 0 Å². The van der Waals surface area contributed by atoms with E-state index >= 15 is 0 Å². The lowest BCUT2D eigenvalue weighted by atomic mass is 9.95. The summed E-state index contributed by atoms with van der Waals surface area (Å²) in [6, 6.07) is 94.2. The molecule has 0 saturated carbocycles. The maximum Gasteiger partial charge on any atom is 0.164 e. The number of nitrogens with zero attached hydrogens (tertiary/aromatic N) is 4. The first-order chi connectivity index (χ1) is 36.7. The Morgan fingerprint density at radius 3 is 1.38 bits per heavy atom. The van der Waals surface area contributed by atoms with Crippen LogP contribution in [0.4, 0.5) is 0 Å². The van der Waals surface area contributed by atoms with Gasteiger partial charge in [0.05, 0.1) is 11.0 Å². The molecule has 14 rings (SSSR count). The molecule has 346 valence electrons. The first-order valence-corrected chi connectivity index (χ1v) is 25.0. The molecule has 0 bridgehead atoms. The van der Waals surface area contributed by atoms with E-state index in [2.05, 4.69) is 259 Å². The number of hydrogen-bond acceptors (Lipinski definition) is 4.